The lowest BCUT2D eigenvalue weighted by Crippen LogP contribution is -2.17. The monoisotopic (exact) mass is 465 g/mol. The zero-order valence-corrected chi connectivity index (χ0v) is 19.6. The molecule has 0 bridgehead atoms. The van der Waals surface area contributed by atoms with Crippen LogP contribution in [-0.4, -0.2) is 42.9 Å². The Balaban J connectivity index is 1.46. The third-order valence-corrected chi connectivity index (χ3v) is 7.92. The summed E-state index contributed by atoms with van der Waals surface area (Å²) in [5, 5.41) is 0. The lowest BCUT2D eigenvalue weighted by molar-refractivity contribution is 0.0473. The number of aryl methyl sites for hydroxylation is 1. The average molecular weight is 466 g/mol. The molecule has 1 saturated heterocycles. The first-order valence-electron chi connectivity index (χ1n) is 11.0. The quantitative estimate of drug-likeness (QED) is 0.388. The van der Waals surface area contributed by atoms with Crippen molar-refractivity contribution in [1.82, 2.24) is 4.57 Å². The van der Waals surface area contributed by atoms with Gasteiger partial charge in [0.15, 0.2) is 16.4 Å². The van der Waals surface area contributed by atoms with E-state index < -0.39 is 15.8 Å². The van der Waals surface area contributed by atoms with Gasteiger partial charge < -0.3 is 9.30 Å². The summed E-state index contributed by atoms with van der Waals surface area (Å²) in [5.74, 6) is -0.586. The van der Waals surface area contributed by atoms with Crippen molar-refractivity contribution in [3.05, 3.63) is 94.3 Å². The topological polar surface area (TPSA) is 82.4 Å². The number of ether oxygens (including phenoxy) is 1. The van der Waals surface area contributed by atoms with Crippen LogP contribution in [-0.2, 0) is 21.0 Å². The van der Waals surface area contributed by atoms with Crippen LogP contribution in [0.5, 0.6) is 0 Å². The Morgan fingerprint density at radius 1 is 1.00 bits per heavy atom. The number of carbonyl (C=O) groups excluding carboxylic acids is 2. The molecule has 0 N–H and O–H groups in total. The molecule has 0 spiro atoms. The van der Waals surface area contributed by atoms with Crippen molar-refractivity contribution in [2.75, 3.05) is 18.1 Å². The van der Waals surface area contributed by atoms with E-state index in [0.717, 1.165) is 16.8 Å². The maximum absolute atomic E-state index is 12.9. The van der Waals surface area contributed by atoms with Gasteiger partial charge in [-0.2, -0.15) is 0 Å². The minimum Gasteiger partial charge on any atom is -0.454 e. The fourth-order valence-corrected chi connectivity index (χ4v) is 6.28. The lowest BCUT2D eigenvalue weighted by atomic mass is 10.00. The van der Waals surface area contributed by atoms with Gasteiger partial charge in [-0.1, -0.05) is 48.5 Å². The Labute approximate surface area is 194 Å². The highest BCUT2D eigenvalue weighted by Gasteiger charge is 2.31. The number of hydrogen-bond acceptors (Lipinski definition) is 5. The summed E-state index contributed by atoms with van der Waals surface area (Å²) in [5.41, 5.74) is 4.35. The van der Waals surface area contributed by atoms with Crippen molar-refractivity contribution in [2.45, 2.75) is 32.7 Å². The highest BCUT2D eigenvalue weighted by atomic mass is 32.2. The summed E-state index contributed by atoms with van der Waals surface area (Å²) in [7, 11) is -3.04. The first kappa shape index (κ1) is 23.0. The van der Waals surface area contributed by atoms with Gasteiger partial charge >= 0.3 is 5.97 Å². The summed E-state index contributed by atoms with van der Waals surface area (Å²) in [4.78, 5) is 25.7. The number of Topliss-reactive ketones (excluding diaryl/α,β-unsaturated/α-hetero) is 1. The van der Waals surface area contributed by atoms with E-state index in [1.54, 1.807) is 18.2 Å². The molecular formula is C26H27NO5S. The van der Waals surface area contributed by atoms with Gasteiger partial charge in [0.05, 0.1) is 17.1 Å². The van der Waals surface area contributed by atoms with Crippen LogP contribution in [0, 0.1) is 13.8 Å². The molecular weight excluding hydrogens is 438 g/mol. The second-order valence-corrected chi connectivity index (χ2v) is 10.8. The average Bonchev–Trinajstić information content (AvgIpc) is 3.30. The molecule has 2 heterocycles. The number of nitrogens with zero attached hydrogens (tertiary/aromatic N) is 1. The summed E-state index contributed by atoms with van der Waals surface area (Å²) in [6, 6.07) is 18.7. The highest BCUT2D eigenvalue weighted by Crippen LogP contribution is 2.29. The second-order valence-electron chi connectivity index (χ2n) is 8.53. The number of esters is 1. The molecule has 7 heteroatoms. The Morgan fingerprint density at radius 3 is 2.39 bits per heavy atom. The van der Waals surface area contributed by atoms with E-state index >= 15 is 0 Å². The van der Waals surface area contributed by atoms with Gasteiger partial charge in [-0.25, -0.2) is 13.2 Å². The zero-order chi connectivity index (χ0) is 23.6. The van der Waals surface area contributed by atoms with E-state index in [0.29, 0.717) is 29.7 Å². The molecule has 1 aliphatic rings. The number of rotatable bonds is 7. The van der Waals surface area contributed by atoms with E-state index in [9.17, 15) is 18.0 Å². The Bertz CT molecular complexity index is 1290. The van der Waals surface area contributed by atoms with Crippen LogP contribution in [0.1, 0.15) is 55.7 Å². The van der Waals surface area contributed by atoms with Gasteiger partial charge in [0.2, 0.25) is 5.78 Å². The molecule has 1 aromatic heterocycles. The first-order chi connectivity index (χ1) is 15.7. The first-order valence-corrected chi connectivity index (χ1v) is 12.8. The van der Waals surface area contributed by atoms with Crippen LogP contribution >= 0.6 is 0 Å². The van der Waals surface area contributed by atoms with Crippen LogP contribution in [0.3, 0.4) is 0 Å². The molecule has 0 aliphatic carbocycles. The van der Waals surface area contributed by atoms with Crippen LogP contribution in [0.2, 0.25) is 0 Å². The van der Waals surface area contributed by atoms with Crippen LogP contribution in [0.4, 0.5) is 0 Å². The Hall–Kier alpha value is -3.19. The maximum Gasteiger partial charge on any atom is 0.338 e. The fourth-order valence-electron chi connectivity index (χ4n) is 4.58. The van der Waals surface area contributed by atoms with E-state index in [2.05, 4.69) is 0 Å². The summed E-state index contributed by atoms with van der Waals surface area (Å²) in [6.07, 6.45) is 1.13. The fraction of sp³-hybridized carbons (Fsp3) is 0.308. The highest BCUT2D eigenvalue weighted by molar-refractivity contribution is 7.91. The molecule has 0 saturated carbocycles. The molecule has 1 atom stereocenters. The number of ketones is 1. The van der Waals surface area contributed by atoms with Gasteiger partial charge in [0.25, 0.3) is 0 Å². The third kappa shape index (κ3) is 5.09. The summed E-state index contributed by atoms with van der Waals surface area (Å²) >= 11 is 0. The van der Waals surface area contributed by atoms with Crippen molar-refractivity contribution in [3.8, 4) is 0 Å². The van der Waals surface area contributed by atoms with Crippen LogP contribution in [0.15, 0.2) is 60.7 Å². The number of sulfone groups is 1. The predicted molar refractivity (Wildman–Crippen MR) is 127 cm³/mol. The molecule has 4 rings (SSSR count). The van der Waals surface area contributed by atoms with E-state index in [4.69, 9.17) is 4.74 Å². The summed E-state index contributed by atoms with van der Waals surface area (Å²) < 4.78 is 31.1. The van der Waals surface area contributed by atoms with E-state index in [-0.39, 0.29) is 29.9 Å². The number of benzene rings is 2. The molecule has 0 radical (unpaired) electrons. The molecule has 0 amide bonds. The predicted octanol–water partition coefficient (Wildman–Crippen LogP) is 4.10. The van der Waals surface area contributed by atoms with E-state index in [1.165, 1.54) is 0 Å². The molecule has 1 unspecified atom stereocenters. The van der Waals surface area contributed by atoms with Gasteiger partial charge in [-0.15, -0.1) is 0 Å². The maximum atomic E-state index is 12.9. The Kier molecular flexibility index (Phi) is 6.51. The molecule has 2 aromatic carbocycles. The molecule has 3 aromatic rings. The SMILES string of the molecule is Cc1cc(C(=O)COC(=O)c2ccccc2Cc2ccccc2)c(C)n1C1CCS(=O)(=O)C1. The number of aromatic nitrogens is 1. The van der Waals surface area contributed by atoms with Gasteiger partial charge in [0, 0.05) is 23.0 Å². The van der Waals surface area contributed by atoms with Gasteiger partial charge in [-0.05, 0) is 49.9 Å². The standard InChI is InChI=1S/C26H27NO5S/c1-18-14-24(19(2)27(18)22-12-13-33(30,31)17-22)25(28)16-32-26(29)23-11-7-6-10-21(23)15-20-8-4-3-5-9-20/h3-11,14,22H,12-13,15-17H2,1-2H3. The van der Waals surface area contributed by atoms with E-state index in [1.807, 2.05) is 60.9 Å². The Morgan fingerprint density at radius 2 is 1.70 bits per heavy atom. The third-order valence-electron chi connectivity index (χ3n) is 6.17. The molecule has 1 aliphatic heterocycles. The minimum atomic E-state index is -3.04. The molecule has 1 fully saturated rings. The van der Waals surface area contributed by atoms with Gasteiger partial charge in [0.1, 0.15) is 0 Å². The minimum absolute atomic E-state index is 0.0875. The molecule has 172 valence electrons. The lowest BCUT2D eigenvalue weighted by Gasteiger charge is -2.16. The molecule has 33 heavy (non-hydrogen) atoms. The molecule has 6 nitrogen and oxygen atoms in total. The number of carbonyl (C=O) groups is 2. The smallest absolute Gasteiger partial charge is 0.338 e. The summed E-state index contributed by atoms with van der Waals surface area (Å²) in [6.45, 7) is 3.30. The van der Waals surface area contributed by atoms with Crippen molar-refractivity contribution in [1.29, 1.82) is 0 Å². The largest absolute Gasteiger partial charge is 0.454 e. The zero-order valence-electron chi connectivity index (χ0n) is 18.8. The second kappa shape index (κ2) is 9.35. The van der Waals surface area contributed by atoms with Crippen molar-refractivity contribution in [2.24, 2.45) is 0 Å². The van der Waals surface area contributed by atoms with Crippen LogP contribution in [0.25, 0.3) is 0 Å². The van der Waals surface area contributed by atoms with Crippen molar-refractivity contribution >= 4 is 21.6 Å². The number of hydrogen-bond donors (Lipinski definition) is 0. The van der Waals surface area contributed by atoms with Crippen molar-refractivity contribution in [3.63, 3.8) is 0 Å². The van der Waals surface area contributed by atoms with Gasteiger partial charge in [-0.3, -0.25) is 4.79 Å². The normalized spacial score (nSPS) is 17.1. The van der Waals surface area contributed by atoms with Crippen LogP contribution < -0.4 is 0 Å². The van der Waals surface area contributed by atoms with Crippen molar-refractivity contribution < 1.29 is 22.7 Å².